The molecule has 0 fully saturated rings. The second-order valence-corrected chi connectivity index (χ2v) is 4.46. The van der Waals surface area contributed by atoms with Crippen molar-refractivity contribution < 1.29 is 14.7 Å². The molecular formula is C14H20N2O3. The number of hydrogen-bond donors (Lipinski definition) is 3. The van der Waals surface area contributed by atoms with Crippen LogP contribution in [0, 0.1) is 0 Å². The van der Waals surface area contributed by atoms with Gasteiger partial charge >= 0.3 is 5.97 Å². The third kappa shape index (κ3) is 5.90. The molecule has 0 aliphatic carbocycles. The predicted molar refractivity (Wildman–Crippen MR) is 75.3 cm³/mol. The van der Waals surface area contributed by atoms with Gasteiger partial charge in [0.15, 0.2) is 0 Å². The van der Waals surface area contributed by atoms with Gasteiger partial charge in [-0.2, -0.15) is 0 Å². The summed E-state index contributed by atoms with van der Waals surface area (Å²) in [5, 5.41) is 14.6. The lowest BCUT2D eigenvalue weighted by Gasteiger charge is -2.14. The SMILES string of the molecule is CCC(=O)Nc1ccc(NC(C)CCC(=O)O)cc1. The van der Waals surface area contributed by atoms with E-state index in [-0.39, 0.29) is 18.4 Å². The average molecular weight is 264 g/mol. The first-order chi connectivity index (χ1) is 9.01. The average Bonchev–Trinajstić information content (AvgIpc) is 2.38. The van der Waals surface area contributed by atoms with Gasteiger partial charge in [-0.25, -0.2) is 0 Å². The second kappa shape index (κ2) is 7.41. The fourth-order valence-corrected chi connectivity index (χ4v) is 1.60. The van der Waals surface area contributed by atoms with E-state index in [0.29, 0.717) is 12.8 Å². The second-order valence-electron chi connectivity index (χ2n) is 4.46. The molecule has 104 valence electrons. The smallest absolute Gasteiger partial charge is 0.303 e. The van der Waals surface area contributed by atoms with Crippen molar-refractivity contribution in [1.82, 2.24) is 0 Å². The van der Waals surface area contributed by atoms with Crippen LogP contribution in [0.2, 0.25) is 0 Å². The third-order valence-electron chi connectivity index (χ3n) is 2.69. The molecule has 0 aliphatic rings. The molecule has 5 nitrogen and oxygen atoms in total. The highest BCUT2D eigenvalue weighted by Gasteiger charge is 2.05. The van der Waals surface area contributed by atoms with E-state index < -0.39 is 5.97 Å². The summed E-state index contributed by atoms with van der Waals surface area (Å²) in [7, 11) is 0. The molecule has 0 saturated carbocycles. The number of benzene rings is 1. The van der Waals surface area contributed by atoms with Crippen LogP contribution < -0.4 is 10.6 Å². The van der Waals surface area contributed by atoms with Crippen molar-refractivity contribution in [2.75, 3.05) is 10.6 Å². The zero-order valence-electron chi connectivity index (χ0n) is 11.3. The lowest BCUT2D eigenvalue weighted by atomic mass is 10.1. The molecule has 0 radical (unpaired) electrons. The normalized spacial score (nSPS) is 11.7. The number of nitrogens with one attached hydrogen (secondary N) is 2. The largest absolute Gasteiger partial charge is 0.481 e. The van der Waals surface area contributed by atoms with Crippen LogP contribution in [0.5, 0.6) is 0 Å². The summed E-state index contributed by atoms with van der Waals surface area (Å²) in [6.45, 7) is 3.74. The monoisotopic (exact) mass is 264 g/mol. The lowest BCUT2D eigenvalue weighted by Crippen LogP contribution is -2.16. The maximum absolute atomic E-state index is 11.2. The van der Waals surface area contributed by atoms with Crippen LogP contribution in [-0.4, -0.2) is 23.0 Å². The first-order valence-corrected chi connectivity index (χ1v) is 6.39. The summed E-state index contributed by atoms with van der Waals surface area (Å²) in [5.41, 5.74) is 1.67. The highest BCUT2D eigenvalue weighted by Crippen LogP contribution is 2.15. The van der Waals surface area contributed by atoms with Crippen molar-refractivity contribution >= 4 is 23.3 Å². The Morgan fingerprint density at radius 1 is 1.21 bits per heavy atom. The molecule has 1 aromatic rings. The molecule has 0 aliphatic heterocycles. The maximum atomic E-state index is 11.2. The first-order valence-electron chi connectivity index (χ1n) is 6.39. The molecule has 1 rings (SSSR count). The Balaban J connectivity index is 2.47. The summed E-state index contributed by atoms with van der Waals surface area (Å²) in [5.74, 6) is -0.804. The van der Waals surface area contributed by atoms with Crippen molar-refractivity contribution in [2.45, 2.75) is 39.2 Å². The number of rotatable bonds is 7. The summed E-state index contributed by atoms with van der Waals surface area (Å²) in [6, 6.07) is 7.46. The number of carboxylic acids is 1. The topological polar surface area (TPSA) is 78.4 Å². The minimum atomic E-state index is -0.786. The van der Waals surface area contributed by atoms with Crippen LogP contribution in [0.3, 0.4) is 0 Å². The predicted octanol–water partition coefficient (Wildman–Crippen LogP) is 2.70. The molecule has 0 spiro atoms. The van der Waals surface area contributed by atoms with Crippen molar-refractivity contribution in [2.24, 2.45) is 0 Å². The van der Waals surface area contributed by atoms with Gasteiger partial charge in [-0.05, 0) is 37.6 Å². The molecule has 0 saturated heterocycles. The van der Waals surface area contributed by atoms with E-state index >= 15 is 0 Å². The Labute approximate surface area is 113 Å². The number of anilines is 2. The Hall–Kier alpha value is -2.04. The van der Waals surface area contributed by atoms with E-state index in [4.69, 9.17) is 5.11 Å². The lowest BCUT2D eigenvalue weighted by molar-refractivity contribution is -0.137. The molecule has 1 amide bonds. The van der Waals surface area contributed by atoms with Crippen molar-refractivity contribution in [1.29, 1.82) is 0 Å². The molecule has 0 aromatic heterocycles. The van der Waals surface area contributed by atoms with Gasteiger partial charge in [0.05, 0.1) is 0 Å². The van der Waals surface area contributed by atoms with Crippen LogP contribution in [0.1, 0.15) is 33.1 Å². The molecule has 5 heteroatoms. The number of amides is 1. The van der Waals surface area contributed by atoms with Gasteiger partial charge in [-0.1, -0.05) is 6.92 Å². The van der Waals surface area contributed by atoms with E-state index in [1.54, 1.807) is 6.92 Å². The van der Waals surface area contributed by atoms with E-state index in [1.165, 1.54) is 0 Å². The Morgan fingerprint density at radius 3 is 2.32 bits per heavy atom. The van der Waals surface area contributed by atoms with E-state index in [2.05, 4.69) is 10.6 Å². The fraction of sp³-hybridized carbons (Fsp3) is 0.429. The minimum Gasteiger partial charge on any atom is -0.481 e. The zero-order valence-corrected chi connectivity index (χ0v) is 11.3. The number of carboxylic acid groups (broad SMARTS) is 1. The quantitative estimate of drug-likeness (QED) is 0.707. The molecule has 19 heavy (non-hydrogen) atoms. The Bertz CT molecular complexity index is 429. The molecular weight excluding hydrogens is 244 g/mol. The van der Waals surface area contributed by atoms with Crippen molar-refractivity contribution in [3.63, 3.8) is 0 Å². The molecule has 3 N–H and O–H groups in total. The first kappa shape index (κ1) is 15.0. The highest BCUT2D eigenvalue weighted by molar-refractivity contribution is 5.90. The third-order valence-corrected chi connectivity index (χ3v) is 2.69. The standard InChI is InChI=1S/C14H20N2O3/c1-3-13(17)16-12-7-5-11(6-8-12)15-10(2)4-9-14(18)19/h5-8,10,15H,3-4,9H2,1-2H3,(H,16,17)(H,18,19). The van der Waals surface area contributed by atoms with Crippen LogP contribution in [0.4, 0.5) is 11.4 Å². The Morgan fingerprint density at radius 2 is 1.79 bits per heavy atom. The summed E-state index contributed by atoms with van der Waals surface area (Å²) in [4.78, 5) is 21.7. The van der Waals surface area contributed by atoms with Gasteiger partial charge in [0.2, 0.25) is 5.91 Å². The minimum absolute atomic E-state index is 0.0180. The van der Waals surface area contributed by atoms with E-state index in [0.717, 1.165) is 11.4 Å². The molecule has 1 atom stereocenters. The molecule has 1 aromatic carbocycles. The summed E-state index contributed by atoms with van der Waals surface area (Å²) in [6.07, 6.45) is 1.18. The summed E-state index contributed by atoms with van der Waals surface area (Å²) >= 11 is 0. The van der Waals surface area contributed by atoms with Gasteiger partial charge in [-0.3, -0.25) is 9.59 Å². The zero-order chi connectivity index (χ0) is 14.3. The van der Waals surface area contributed by atoms with Gasteiger partial charge in [0, 0.05) is 30.3 Å². The van der Waals surface area contributed by atoms with Gasteiger partial charge in [0.25, 0.3) is 0 Å². The van der Waals surface area contributed by atoms with Gasteiger partial charge in [0.1, 0.15) is 0 Å². The van der Waals surface area contributed by atoms with E-state index in [9.17, 15) is 9.59 Å². The van der Waals surface area contributed by atoms with Crippen LogP contribution in [0.15, 0.2) is 24.3 Å². The van der Waals surface area contributed by atoms with Gasteiger partial charge < -0.3 is 15.7 Å². The summed E-state index contributed by atoms with van der Waals surface area (Å²) < 4.78 is 0. The van der Waals surface area contributed by atoms with Crippen LogP contribution >= 0.6 is 0 Å². The maximum Gasteiger partial charge on any atom is 0.303 e. The molecule has 0 heterocycles. The Kier molecular flexibility index (Phi) is 5.85. The van der Waals surface area contributed by atoms with Gasteiger partial charge in [-0.15, -0.1) is 0 Å². The fourth-order valence-electron chi connectivity index (χ4n) is 1.60. The molecule has 1 unspecified atom stereocenters. The number of carbonyl (C=O) groups excluding carboxylic acids is 1. The number of carbonyl (C=O) groups is 2. The van der Waals surface area contributed by atoms with Crippen LogP contribution in [-0.2, 0) is 9.59 Å². The number of hydrogen-bond acceptors (Lipinski definition) is 3. The number of aliphatic carboxylic acids is 1. The highest BCUT2D eigenvalue weighted by atomic mass is 16.4. The van der Waals surface area contributed by atoms with E-state index in [1.807, 2.05) is 31.2 Å². The molecule has 0 bridgehead atoms. The van der Waals surface area contributed by atoms with Crippen molar-refractivity contribution in [3.05, 3.63) is 24.3 Å². The van der Waals surface area contributed by atoms with Crippen molar-refractivity contribution in [3.8, 4) is 0 Å². The van der Waals surface area contributed by atoms with Crippen LogP contribution in [0.25, 0.3) is 0 Å².